The molecule has 0 N–H and O–H groups in total. The fourth-order valence-electron chi connectivity index (χ4n) is 2.52. The van der Waals surface area contributed by atoms with E-state index in [0.29, 0.717) is 5.69 Å². The van der Waals surface area contributed by atoms with Crippen molar-refractivity contribution >= 4 is 0 Å². The van der Waals surface area contributed by atoms with Gasteiger partial charge in [-0.2, -0.15) is 5.26 Å². The number of nitriles is 1. The zero-order valence-electron chi connectivity index (χ0n) is 13.3. The molecule has 4 heteroatoms. The van der Waals surface area contributed by atoms with Crippen LogP contribution in [0.5, 0.6) is 0 Å². The summed E-state index contributed by atoms with van der Waals surface area (Å²) in [6.07, 6.45) is 1.58. The number of nitrogens with zero attached hydrogens (tertiary/aromatic N) is 4. The van der Waals surface area contributed by atoms with E-state index in [-0.39, 0.29) is 0 Å². The lowest BCUT2D eigenvalue weighted by molar-refractivity contribution is 0.751. The van der Waals surface area contributed by atoms with Crippen LogP contribution in [0.2, 0.25) is 0 Å². The van der Waals surface area contributed by atoms with Gasteiger partial charge in [0.2, 0.25) is 0 Å². The first-order chi connectivity index (χ1) is 11.2. The second-order valence-electron chi connectivity index (χ2n) is 5.73. The van der Waals surface area contributed by atoms with Crippen LogP contribution in [0.4, 0.5) is 0 Å². The third-order valence-electron chi connectivity index (χ3n) is 3.92. The first-order valence-electron chi connectivity index (χ1n) is 7.64. The predicted molar refractivity (Wildman–Crippen MR) is 89.4 cm³/mol. The Labute approximate surface area is 136 Å². The second-order valence-corrected chi connectivity index (χ2v) is 5.73. The number of aromatic nitrogens is 3. The van der Waals surface area contributed by atoms with Gasteiger partial charge in [-0.25, -0.2) is 4.68 Å². The molecule has 0 radical (unpaired) electrons. The van der Waals surface area contributed by atoms with Crippen molar-refractivity contribution in [3.8, 4) is 11.8 Å². The quantitative estimate of drug-likeness (QED) is 0.740. The van der Waals surface area contributed by atoms with Crippen LogP contribution >= 0.6 is 0 Å². The van der Waals surface area contributed by atoms with Gasteiger partial charge in [0.15, 0.2) is 5.69 Å². The summed E-state index contributed by atoms with van der Waals surface area (Å²) in [7, 11) is 0. The molecule has 4 nitrogen and oxygen atoms in total. The molecule has 1 heterocycles. The standard InChI is InChI=1S/C19H18N4/c1-14-3-7-16(8-4-14)9-12-19-18(13-20)21-22-23(19)17-10-5-15(2)6-11-17/h3-8,10-11H,9,12H2,1-2H3. The van der Waals surface area contributed by atoms with E-state index < -0.39 is 0 Å². The van der Waals surface area contributed by atoms with E-state index in [1.165, 1.54) is 16.7 Å². The number of rotatable bonds is 4. The molecule has 1 aromatic heterocycles. The molecule has 114 valence electrons. The van der Waals surface area contributed by atoms with E-state index in [0.717, 1.165) is 24.2 Å². The average Bonchev–Trinajstić information content (AvgIpc) is 2.98. The average molecular weight is 302 g/mol. The van der Waals surface area contributed by atoms with Crippen molar-refractivity contribution in [2.24, 2.45) is 0 Å². The molecule has 0 amide bonds. The monoisotopic (exact) mass is 302 g/mol. The minimum absolute atomic E-state index is 0.401. The maximum absolute atomic E-state index is 9.29. The molecule has 0 aliphatic rings. The lowest BCUT2D eigenvalue weighted by Gasteiger charge is -2.07. The van der Waals surface area contributed by atoms with Crippen LogP contribution in [-0.2, 0) is 12.8 Å². The van der Waals surface area contributed by atoms with Crippen LogP contribution in [-0.4, -0.2) is 15.0 Å². The largest absolute Gasteiger partial charge is 0.216 e. The minimum atomic E-state index is 0.401. The summed E-state index contributed by atoms with van der Waals surface area (Å²) in [4.78, 5) is 0. The van der Waals surface area contributed by atoms with Gasteiger partial charge in [0.05, 0.1) is 11.4 Å². The summed E-state index contributed by atoms with van der Waals surface area (Å²) >= 11 is 0. The Bertz CT molecular complexity index is 837. The Hall–Kier alpha value is -2.93. The topological polar surface area (TPSA) is 54.5 Å². The van der Waals surface area contributed by atoms with Gasteiger partial charge in [-0.3, -0.25) is 0 Å². The molecular formula is C19H18N4. The summed E-state index contributed by atoms with van der Waals surface area (Å²) in [5.74, 6) is 0. The highest BCUT2D eigenvalue weighted by Gasteiger charge is 2.14. The molecule has 0 fully saturated rings. The SMILES string of the molecule is Cc1ccc(CCc2c(C#N)nnn2-c2ccc(C)cc2)cc1. The fraction of sp³-hybridized carbons (Fsp3) is 0.211. The minimum Gasteiger partial charge on any atom is -0.216 e. The Balaban J connectivity index is 1.88. The van der Waals surface area contributed by atoms with E-state index >= 15 is 0 Å². The van der Waals surface area contributed by atoms with Crippen LogP contribution in [0.3, 0.4) is 0 Å². The number of aryl methyl sites for hydroxylation is 3. The number of hydrogen-bond acceptors (Lipinski definition) is 3. The molecule has 0 aliphatic heterocycles. The van der Waals surface area contributed by atoms with Crippen LogP contribution in [0.25, 0.3) is 5.69 Å². The first kappa shape index (κ1) is 15.0. The Kier molecular flexibility index (Phi) is 4.20. The smallest absolute Gasteiger partial charge is 0.186 e. The molecule has 0 aliphatic carbocycles. The number of hydrogen-bond donors (Lipinski definition) is 0. The van der Waals surface area contributed by atoms with Crippen molar-refractivity contribution in [1.82, 2.24) is 15.0 Å². The molecule has 0 bridgehead atoms. The van der Waals surface area contributed by atoms with Gasteiger partial charge in [0, 0.05) is 0 Å². The lowest BCUT2D eigenvalue weighted by atomic mass is 10.1. The van der Waals surface area contributed by atoms with Gasteiger partial charge in [-0.1, -0.05) is 52.7 Å². The van der Waals surface area contributed by atoms with E-state index in [4.69, 9.17) is 0 Å². The predicted octanol–water partition coefficient (Wildman–Crippen LogP) is 3.54. The van der Waals surface area contributed by atoms with Gasteiger partial charge in [-0.15, -0.1) is 5.10 Å². The lowest BCUT2D eigenvalue weighted by Crippen LogP contribution is -2.05. The van der Waals surface area contributed by atoms with Gasteiger partial charge >= 0.3 is 0 Å². The Morgan fingerprint density at radius 3 is 2.13 bits per heavy atom. The van der Waals surface area contributed by atoms with Gasteiger partial charge in [-0.05, 0) is 44.4 Å². The molecule has 0 unspecified atom stereocenters. The zero-order valence-corrected chi connectivity index (χ0v) is 13.3. The third-order valence-corrected chi connectivity index (χ3v) is 3.92. The summed E-state index contributed by atoms with van der Waals surface area (Å²) in [5, 5.41) is 17.5. The van der Waals surface area contributed by atoms with Crippen LogP contribution in [0.1, 0.15) is 28.1 Å². The third kappa shape index (κ3) is 3.29. The Morgan fingerprint density at radius 2 is 1.52 bits per heavy atom. The van der Waals surface area contributed by atoms with E-state index in [1.807, 2.05) is 31.2 Å². The summed E-state index contributed by atoms with van der Waals surface area (Å²) in [6, 6.07) is 18.7. The molecule has 0 saturated heterocycles. The molecule has 0 atom stereocenters. The fourth-order valence-corrected chi connectivity index (χ4v) is 2.52. The molecule has 2 aromatic carbocycles. The zero-order chi connectivity index (χ0) is 16.2. The summed E-state index contributed by atoms with van der Waals surface area (Å²) in [5.41, 5.74) is 5.88. The van der Waals surface area contributed by atoms with Crippen molar-refractivity contribution in [2.45, 2.75) is 26.7 Å². The molecular weight excluding hydrogens is 284 g/mol. The maximum Gasteiger partial charge on any atom is 0.186 e. The summed E-state index contributed by atoms with van der Waals surface area (Å²) < 4.78 is 1.77. The van der Waals surface area contributed by atoms with Crippen molar-refractivity contribution in [1.29, 1.82) is 5.26 Å². The maximum atomic E-state index is 9.29. The van der Waals surface area contributed by atoms with Crippen molar-refractivity contribution in [2.75, 3.05) is 0 Å². The van der Waals surface area contributed by atoms with E-state index in [2.05, 4.69) is 47.6 Å². The molecule has 0 saturated carbocycles. The van der Waals surface area contributed by atoms with Gasteiger partial charge in [0.25, 0.3) is 0 Å². The van der Waals surface area contributed by atoms with Gasteiger partial charge < -0.3 is 0 Å². The molecule has 23 heavy (non-hydrogen) atoms. The van der Waals surface area contributed by atoms with Crippen LogP contribution < -0.4 is 0 Å². The highest BCUT2D eigenvalue weighted by Crippen LogP contribution is 2.16. The van der Waals surface area contributed by atoms with Crippen molar-refractivity contribution in [3.63, 3.8) is 0 Å². The van der Waals surface area contributed by atoms with Crippen molar-refractivity contribution in [3.05, 3.63) is 76.6 Å². The highest BCUT2D eigenvalue weighted by atomic mass is 15.4. The van der Waals surface area contributed by atoms with E-state index in [1.54, 1.807) is 4.68 Å². The van der Waals surface area contributed by atoms with E-state index in [9.17, 15) is 5.26 Å². The number of benzene rings is 2. The normalized spacial score (nSPS) is 10.5. The van der Waals surface area contributed by atoms with Crippen LogP contribution in [0, 0.1) is 25.2 Å². The summed E-state index contributed by atoms with van der Waals surface area (Å²) in [6.45, 7) is 4.12. The molecule has 0 spiro atoms. The molecule has 3 aromatic rings. The van der Waals surface area contributed by atoms with Crippen LogP contribution in [0.15, 0.2) is 48.5 Å². The Morgan fingerprint density at radius 1 is 0.913 bits per heavy atom. The first-order valence-corrected chi connectivity index (χ1v) is 7.64. The molecule has 3 rings (SSSR count). The highest BCUT2D eigenvalue weighted by molar-refractivity contribution is 5.38. The van der Waals surface area contributed by atoms with Gasteiger partial charge in [0.1, 0.15) is 6.07 Å². The second kappa shape index (κ2) is 6.45. The van der Waals surface area contributed by atoms with Crippen molar-refractivity contribution < 1.29 is 0 Å².